The highest BCUT2D eigenvalue weighted by molar-refractivity contribution is 5.85. The number of rotatable bonds is 8. The maximum absolute atomic E-state index is 11.8. The first-order valence-corrected chi connectivity index (χ1v) is 6.55. The maximum atomic E-state index is 11.8. The number of carbonyl (C=O) groups is 1. The lowest BCUT2D eigenvalue weighted by Gasteiger charge is -2.42. The molecule has 0 saturated heterocycles. The number of halogens is 1. The van der Waals surface area contributed by atoms with Gasteiger partial charge in [0.2, 0.25) is 5.91 Å². The minimum atomic E-state index is 0. The molecule has 1 fully saturated rings. The van der Waals surface area contributed by atoms with Gasteiger partial charge >= 0.3 is 0 Å². The average molecular weight is 279 g/mol. The lowest BCUT2D eigenvalue weighted by molar-refractivity contribution is -0.125. The number of amides is 1. The van der Waals surface area contributed by atoms with E-state index in [-0.39, 0.29) is 24.2 Å². The topological polar surface area (TPSA) is 50.4 Å². The van der Waals surface area contributed by atoms with E-state index in [0.717, 1.165) is 26.1 Å². The lowest BCUT2D eigenvalue weighted by Crippen LogP contribution is -2.45. The fourth-order valence-electron chi connectivity index (χ4n) is 2.36. The van der Waals surface area contributed by atoms with Gasteiger partial charge in [0.15, 0.2) is 0 Å². The summed E-state index contributed by atoms with van der Waals surface area (Å²) in [6.45, 7) is 4.29. The van der Waals surface area contributed by atoms with Crippen molar-refractivity contribution in [2.24, 2.45) is 11.3 Å². The van der Waals surface area contributed by atoms with Crippen LogP contribution < -0.4 is 10.6 Å². The van der Waals surface area contributed by atoms with Gasteiger partial charge in [0.05, 0.1) is 0 Å². The molecule has 0 radical (unpaired) electrons. The van der Waals surface area contributed by atoms with E-state index in [9.17, 15) is 4.79 Å². The van der Waals surface area contributed by atoms with Crippen LogP contribution in [0.15, 0.2) is 0 Å². The van der Waals surface area contributed by atoms with Crippen molar-refractivity contribution in [3.63, 3.8) is 0 Å². The third-order valence-corrected chi connectivity index (χ3v) is 3.85. The highest BCUT2D eigenvalue weighted by Crippen LogP contribution is 2.43. The molecule has 1 unspecified atom stereocenters. The molecule has 1 amide bonds. The molecule has 0 aliphatic heterocycles. The smallest absolute Gasteiger partial charge is 0.224 e. The Balaban J connectivity index is 0.00000289. The predicted octanol–water partition coefficient (Wildman–Crippen LogP) is 1.59. The molecule has 0 bridgehead atoms. The Morgan fingerprint density at radius 2 is 2.11 bits per heavy atom. The van der Waals surface area contributed by atoms with Crippen LogP contribution >= 0.6 is 12.4 Å². The molecular formula is C13H27ClN2O2. The second-order valence-electron chi connectivity index (χ2n) is 5.27. The zero-order valence-electron chi connectivity index (χ0n) is 11.8. The summed E-state index contributed by atoms with van der Waals surface area (Å²) < 4.78 is 5.14. The maximum Gasteiger partial charge on any atom is 0.224 e. The molecule has 1 atom stereocenters. The van der Waals surface area contributed by atoms with Gasteiger partial charge in [-0.1, -0.05) is 13.3 Å². The monoisotopic (exact) mass is 278 g/mol. The Kier molecular flexibility index (Phi) is 8.57. The van der Waals surface area contributed by atoms with Crippen LogP contribution in [0.4, 0.5) is 0 Å². The summed E-state index contributed by atoms with van der Waals surface area (Å²) in [6, 6.07) is 0. The highest BCUT2D eigenvalue weighted by Gasteiger charge is 2.36. The van der Waals surface area contributed by atoms with E-state index < -0.39 is 0 Å². The van der Waals surface area contributed by atoms with Crippen LogP contribution in [-0.4, -0.2) is 39.8 Å². The zero-order chi connectivity index (χ0) is 12.7. The first kappa shape index (κ1) is 17.7. The van der Waals surface area contributed by atoms with E-state index >= 15 is 0 Å². The summed E-state index contributed by atoms with van der Waals surface area (Å²) in [5.74, 6) is 0.197. The molecule has 1 aliphatic carbocycles. The number of hydrogen-bond acceptors (Lipinski definition) is 3. The Hall–Kier alpha value is -0.320. The highest BCUT2D eigenvalue weighted by atomic mass is 35.5. The van der Waals surface area contributed by atoms with Crippen molar-refractivity contribution < 1.29 is 9.53 Å². The first-order valence-electron chi connectivity index (χ1n) is 6.55. The van der Waals surface area contributed by atoms with Gasteiger partial charge in [-0.3, -0.25) is 4.79 Å². The number of carbonyl (C=O) groups excluding carboxylic acids is 1. The predicted molar refractivity (Wildman–Crippen MR) is 76.1 cm³/mol. The van der Waals surface area contributed by atoms with Crippen LogP contribution in [0.25, 0.3) is 0 Å². The largest absolute Gasteiger partial charge is 0.385 e. The van der Waals surface area contributed by atoms with Gasteiger partial charge in [0, 0.05) is 32.7 Å². The van der Waals surface area contributed by atoms with Gasteiger partial charge in [-0.05, 0) is 31.7 Å². The fourth-order valence-corrected chi connectivity index (χ4v) is 2.36. The van der Waals surface area contributed by atoms with Crippen molar-refractivity contribution in [3.05, 3.63) is 0 Å². The molecule has 18 heavy (non-hydrogen) atoms. The molecule has 1 saturated carbocycles. The van der Waals surface area contributed by atoms with Crippen LogP contribution in [0.3, 0.4) is 0 Å². The SMILES string of the molecule is CNCC(C)C(=O)NCC1(CCOC)CCC1.Cl. The van der Waals surface area contributed by atoms with Crippen molar-refractivity contribution in [1.82, 2.24) is 10.6 Å². The second-order valence-corrected chi connectivity index (χ2v) is 5.27. The fraction of sp³-hybridized carbons (Fsp3) is 0.923. The van der Waals surface area contributed by atoms with Gasteiger partial charge in [0.25, 0.3) is 0 Å². The molecule has 0 heterocycles. The third kappa shape index (κ3) is 5.12. The minimum absolute atomic E-state index is 0. The van der Waals surface area contributed by atoms with Crippen molar-refractivity contribution in [2.75, 3.05) is 33.9 Å². The summed E-state index contributed by atoms with van der Waals surface area (Å²) in [4.78, 5) is 11.8. The average Bonchev–Trinajstić information content (AvgIpc) is 2.27. The lowest BCUT2D eigenvalue weighted by atomic mass is 9.66. The molecule has 108 valence electrons. The summed E-state index contributed by atoms with van der Waals surface area (Å²) in [7, 11) is 3.61. The third-order valence-electron chi connectivity index (χ3n) is 3.85. The molecule has 4 nitrogen and oxygen atoms in total. The summed E-state index contributed by atoms with van der Waals surface area (Å²) in [6.07, 6.45) is 4.78. The number of methoxy groups -OCH3 is 1. The number of hydrogen-bond donors (Lipinski definition) is 2. The van der Waals surface area contributed by atoms with E-state index in [1.54, 1.807) is 7.11 Å². The van der Waals surface area contributed by atoms with Crippen molar-refractivity contribution >= 4 is 18.3 Å². The van der Waals surface area contributed by atoms with Crippen LogP contribution in [0.1, 0.15) is 32.6 Å². The van der Waals surface area contributed by atoms with E-state index in [1.165, 1.54) is 19.3 Å². The Labute approximate surface area is 117 Å². The molecule has 2 N–H and O–H groups in total. The molecule has 0 spiro atoms. The second kappa shape index (κ2) is 8.73. The van der Waals surface area contributed by atoms with Gasteiger partial charge in [-0.2, -0.15) is 0 Å². The van der Waals surface area contributed by atoms with E-state index in [4.69, 9.17) is 4.74 Å². The Morgan fingerprint density at radius 3 is 2.56 bits per heavy atom. The standard InChI is InChI=1S/C13H26N2O2.ClH/c1-11(9-14-2)12(16)15-10-13(5-4-6-13)7-8-17-3;/h11,14H,4-10H2,1-3H3,(H,15,16);1H. The van der Waals surface area contributed by atoms with Crippen LogP contribution in [0, 0.1) is 11.3 Å². The Morgan fingerprint density at radius 1 is 1.44 bits per heavy atom. The van der Waals surface area contributed by atoms with Gasteiger partial charge in [0.1, 0.15) is 0 Å². The Bertz CT molecular complexity index is 245. The van der Waals surface area contributed by atoms with Crippen molar-refractivity contribution in [2.45, 2.75) is 32.6 Å². The van der Waals surface area contributed by atoms with E-state index in [0.29, 0.717) is 5.41 Å². The molecule has 0 aromatic rings. The van der Waals surface area contributed by atoms with Crippen molar-refractivity contribution in [3.8, 4) is 0 Å². The van der Waals surface area contributed by atoms with Crippen LogP contribution in [0.2, 0.25) is 0 Å². The zero-order valence-corrected chi connectivity index (χ0v) is 12.6. The van der Waals surface area contributed by atoms with Crippen LogP contribution in [-0.2, 0) is 9.53 Å². The summed E-state index contributed by atoms with van der Waals surface area (Å²) in [5, 5.41) is 6.11. The molecule has 1 aliphatic rings. The molecule has 0 aromatic heterocycles. The molecule has 5 heteroatoms. The minimum Gasteiger partial charge on any atom is -0.385 e. The quantitative estimate of drug-likeness (QED) is 0.709. The first-order chi connectivity index (χ1) is 8.13. The summed E-state index contributed by atoms with van der Waals surface area (Å²) >= 11 is 0. The molecule has 0 aromatic carbocycles. The normalized spacial score (nSPS) is 18.4. The number of nitrogens with one attached hydrogen (secondary N) is 2. The molecule has 1 rings (SSSR count). The molecular weight excluding hydrogens is 252 g/mol. The van der Waals surface area contributed by atoms with Crippen LogP contribution in [0.5, 0.6) is 0 Å². The van der Waals surface area contributed by atoms with Gasteiger partial charge in [-0.15, -0.1) is 12.4 Å². The van der Waals surface area contributed by atoms with E-state index in [2.05, 4.69) is 10.6 Å². The van der Waals surface area contributed by atoms with Gasteiger partial charge in [-0.25, -0.2) is 0 Å². The summed E-state index contributed by atoms with van der Waals surface area (Å²) in [5.41, 5.74) is 0.311. The van der Waals surface area contributed by atoms with E-state index in [1.807, 2.05) is 14.0 Å². The number of ether oxygens (including phenoxy) is 1. The van der Waals surface area contributed by atoms with Crippen molar-refractivity contribution in [1.29, 1.82) is 0 Å². The van der Waals surface area contributed by atoms with Gasteiger partial charge < -0.3 is 15.4 Å².